The van der Waals surface area contributed by atoms with Crippen LogP contribution in [0.15, 0.2) is 22.7 Å². The normalized spacial score (nSPS) is 19.5. The number of rotatable bonds is 5. The van der Waals surface area contributed by atoms with E-state index >= 15 is 0 Å². The molecule has 1 aliphatic carbocycles. The van der Waals surface area contributed by atoms with Crippen LogP contribution in [0.25, 0.3) is 5.65 Å². The van der Waals surface area contributed by atoms with Crippen LogP contribution >= 0.6 is 0 Å². The van der Waals surface area contributed by atoms with Gasteiger partial charge in [0.1, 0.15) is 17.1 Å². The number of amides is 1. The zero-order valence-electron chi connectivity index (χ0n) is 17.0. The Hall–Kier alpha value is -2.91. The summed E-state index contributed by atoms with van der Waals surface area (Å²) >= 11 is 0. The molecule has 10 heteroatoms. The van der Waals surface area contributed by atoms with Crippen LogP contribution < -0.4 is 0 Å². The third-order valence-electron chi connectivity index (χ3n) is 5.88. The monoisotopic (exact) mass is 433 g/mol. The van der Waals surface area contributed by atoms with Crippen molar-refractivity contribution in [2.45, 2.75) is 63.6 Å². The van der Waals surface area contributed by atoms with E-state index in [1.165, 1.54) is 6.07 Å². The molecule has 3 aromatic rings. The number of halogens is 3. The molecule has 1 atom stereocenters. The molecule has 3 aromatic heterocycles. The van der Waals surface area contributed by atoms with Crippen LogP contribution in [0, 0.1) is 0 Å². The average Bonchev–Trinajstić information content (AvgIpc) is 3.13. The Labute approximate surface area is 176 Å². The molecule has 0 bridgehead atoms. The maximum atomic E-state index is 13.6. The van der Waals surface area contributed by atoms with Gasteiger partial charge in [-0.2, -0.15) is 18.3 Å². The number of hydrogen-bond donors (Lipinski definition) is 0. The zero-order chi connectivity index (χ0) is 21.8. The molecular weight excluding hydrogens is 411 g/mol. The highest BCUT2D eigenvalue weighted by Gasteiger charge is 2.39. The van der Waals surface area contributed by atoms with E-state index in [0.717, 1.165) is 54.9 Å². The predicted molar refractivity (Wildman–Crippen MR) is 103 cm³/mol. The molecule has 0 aromatic carbocycles. The number of nitrogens with zero attached hydrogens (tertiary/aromatic N) is 5. The first-order valence-corrected chi connectivity index (χ1v) is 10.6. The van der Waals surface area contributed by atoms with Crippen molar-refractivity contribution in [3.63, 3.8) is 0 Å². The highest BCUT2D eigenvalue weighted by Crippen LogP contribution is 2.41. The summed E-state index contributed by atoms with van der Waals surface area (Å²) in [5, 5.41) is 8.12. The van der Waals surface area contributed by atoms with Gasteiger partial charge in [-0.05, 0) is 38.2 Å². The van der Waals surface area contributed by atoms with Gasteiger partial charge in [-0.25, -0.2) is 9.50 Å². The summed E-state index contributed by atoms with van der Waals surface area (Å²) < 4.78 is 47.0. The van der Waals surface area contributed by atoms with Gasteiger partial charge in [0.2, 0.25) is 0 Å². The second-order valence-electron chi connectivity index (χ2n) is 8.26. The Bertz CT molecular complexity index is 1130. The lowest BCUT2D eigenvalue weighted by Crippen LogP contribution is -2.31. The summed E-state index contributed by atoms with van der Waals surface area (Å²) in [4.78, 5) is 19.2. The minimum Gasteiger partial charge on any atom is -0.361 e. The van der Waals surface area contributed by atoms with E-state index in [-0.39, 0.29) is 23.3 Å². The van der Waals surface area contributed by atoms with E-state index in [1.807, 2.05) is 13.0 Å². The summed E-state index contributed by atoms with van der Waals surface area (Å²) in [6.07, 6.45) is 0.230. The van der Waals surface area contributed by atoms with Gasteiger partial charge in [-0.1, -0.05) is 12.1 Å². The number of aromatic nitrogens is 4. The van der Waals surface area contributed by atoms with Crippen LogP contribution in [0.2, 0.25) is 0 Å². The molecule has 164 valence electrons. The van der Waals surface area contributed by atoms with Crippen molar-refractivity contribution in [2.24, 2.45) is 0 Å². The van der Waals surface area contributed by atoms with Gasteiger partial charge in [-0.3, -0.25) is 4.79 Å². The van der Waals surface area contributed by atoms with Crippen molar-refractivity contribution in [3.8, 4) is 0 Å². The molecule has 7 nitrogen and oxygen atoms in total. The summed E-state index contributed by atoms with van der Waals surface area (Å²) in [6, 6.07) is 3.98. The average molecular weight is 433 g/mol. The lowest BCUT2D eigenvalue weighted by atomic mass is 10.1. The Kier molecular flexibility index (Phi) is 4.75. The van der Waals surface area contributed by atoms with Gasteiger partial charge in [-0.15, -0.1) is 0 Å². The molecule has 1 saturated carbocycles. The van der Waals surface area contributed by atoms with E-state index in [1.54, 1.807) is 4.90 Å². The smallest absolute Gasteiger partial charge is 0.361 e. The fraction of sp³-hybridized carbons (Fsp3) is 0.524. The largest absolute Gasteiger partial charge is 0.433 e. The van der Waals surface area contributed by atoms with Crippen molar-refractivity contribution in [2.75, 3.05) is 6.54 Å². The number of alkyl halides is 3. The first-order valence-electron chi connectivity index (χ1n) is 10.6. The molecule has 0 unspecified atom stereocenters. The predicted octanol–water partition coefficient (Wildman–Crippen LogP) is 4.54. The molecule has 4 heterocycles. The number of carbonyl (C=O) groups is 1. The van der Waals surface area contributed by atoms with Crippen LogP contribution in [-0.2, 0) is 12.6 Å². The van der Waals surface area contributed by atoms with Gasteiger partial charge >= 0.3 is 6.18 Å². The Morgan fingerprint density at radius 1 is 1.19 bits per heavy atom. The van der Waals surface area contributed by atoms with Gasteiger partial charge in [0.25, 0.3) is 5.91 Å². The van der Waals surface area contributed by atoms with Gasteiger partial charge in [0.05, 0.1) is 6.04 Å². The summed E-state index contributed by atoms with van der Waals surface area (Å²) in [6.45, 7) is 2.52. The molecule has 0 N–H and O–H groups in total. The first kappa shape index (κ1) is 20.0. The highest BCUT2D eigenvalue weighted by molar-refractivity contribution is 5.93. The van der Waals surface area contributed by atoms with Crippen molar-refractivity contribution >= 4 is 11.6 Å². The van der Waals surface area contributed by atoms with Crippen molar-refractivity contribution in [1.29, 1.82) is 0 Å². The highest BCUT2D eigenvalue weighted by atomic mass is 19.4. The molecule has 5 rings (SSSR count). The van der Waals surface area contributed by atoms with Gasteiger partial charge < -0.3 is 9.42 Å². The van der Waals surface area contributed by atoms with Crippen LogP contribution in [0.3, 0.4) is 0 Å². The van der Waals surface area contributed by atoms with E-state index in [2.05, 4.69) is 15.2 Å². The molecule has 0 spiro atoms. The van der Waals surface area contributed by atoms with Crippen LogP contribution in [-0.4, -0.2) is 37.1 Å². The fourth-order valence-electron chi connectivity index (χ4n) is 4.20. The van der Waals surface area contributed by atoms with Crippen molar-refractivity contribution in [3.05, 3.63) is 46.7 Å². The maximum absolute atomic E-state index is 13.6. The number of fused-ring (bicyclic) bond motifs is 1. The third kappa shape index (κ3) is 3.68. The molecule has 2 fully saturated rings. The molecule has 1 aliphatic heterocycles. The molecular formula is C21H22F3N5O2. The summed E-state index contributed by atoms with van der Waals surface area (Å²) in [7, 11) is 0. The quantitative estimate of drug-likeness (QED) is 0.590. The zero-order valence-corrected chi connectivity index (χ0v) is 17.0. The van der Waals surface area contributed by atoms with Crippen LogP contribution in [0.1, 0.15) is 84.3 Å². The molecule has 1 saturated heterocycles. The minimum atomic E-state index is -4.59. The number of aryl methyl sites for hydroxylation is 1. The van der Waals surface area contributed by atoms with Crippen molar-refractivity contribution in [1.82, 2.24) is 24.7 Å². The Morgan fingerprint density at radius 3 is 2.71 bits per heavy atom. The van der Waals surface area contributed by atoms with Crippen LogP contribution in [0.4, 0.5) is 13.2 Å². The SMILES string of the molecule is CCCc1cc([C@H]2CCCN2C(=O)c2cc3nc(C4CC4)cc(C(F)(F)F)n3n2)no1. The second kappa shape index (κ2) is 7.35. The fourth-order valence-corrected chi connectivity index (χ4v) is 4.20. The number of carbonyl (C=O) groups excluding carboxylic acids is 1. The second-order valence-corrected chi connectivity index (χ2v) is 8.26. The third-order valence-corrected chi connectivity index (χ3v) is 5.88. The van der Waals surface area contributed by atoms with Gasteiger partial charge in [0.15, 0.2) is 11.3 Å². The summed E-state index contributed by atoms with van der Waals surface area (Å²) in [5.41, 5.74) is 0.168. The van der Waals surface area contributed by atoms with E-state index in [0.29, 0.717) is 17.9 Å². The van der Waals surface area contributed by atoms with E-state index < -0.39 is 17.8 Å². The summed E-state index contributed by atoms with van der Waals surface area (Å²) in [5.74, 6) is 0.387. The minimum absolute atomic E-state index is 0.0440. The first-order chi connectivity index (χ1) is 14.8. The van der Waals surface area contributed by atoms with Gasteiger partial charge in [0, 0.05) is 36.7 Å². The van der Waals surface area contributed by atoms with E-state index in [4.69, 9.17) is 4.52 Å². The Morgan fingerprint density at radius 2 is 2.00 bits per heavy atom. The molecule has 2 aliphatic rings. The van der Waals surface area contributed by atoms with Crippen molar-refractivity contribution < 1.29 is 22.5 Å². The molecule has 1 amide bonds. The lowest BCUT2D eigenvalue weighted by Gasteiger charge is -2.21. The molecule has 0 radical (unpaired) electrons. The van der Waals surface area contributed by atoms with E-state index in [9.17, 15) is 18.0 Å². The topological polar surface area (TPSA) is 76.5 Å². The lowest BCUT2D eigenvalue weighted by molar-refractivity contribution is -0.142. The maximum Gasteiger partial charge on any atom is 0.433 e. The number of likely N-dealkylation sites (tertiary alicyclic amines) is 1. The number of hydrogen-bond acceptors (Lipinski definition) is 5. The Balaban J connectivity index is 1.48. The standard InChI is InChI=1S/C21H22F3N5O2/c1-2-4-13-9-15(27-31-13)17-5-3-8-28(17)20(30)16-11-19-25-14(12-6-7-12)10-18(21(22,23)24)29(19)26-16/h9-12,17H,2-8H2,1H3/t17-/m1/s1. The van der Waals surface area contributed by atoms with Crippen LogP contribution in [0.5, 0.6) is 0 Å². The molecule has 31 heavy (non-hydrogen) atoms.